The number of halogens is 5. The second-order valence-corrected chi connectivity index (χ2v) is 4.03. The Morgan fingerprint density at radius 1 is 1.15 bits per heavy atom. The largest absolute Gasteiger partial charge is 0.416 e. The van der Waals surface area contributed by atoms with E-state index in [0.29, 0.717) is 0 Å². The number of alkyl halides is 5. The Labute approximate surface area is 110 Å². The first-order chi connectivity index (χ1) is 9.32. The Morgan fingerprint density at radius 2 is 1.75 bits per heavy atom. The Morgan fingerprint density at radius 3 is 2.15 bits per heavy atom. The van der Waals surface area contributed by atoms with E-state index in [-0.39, 0.29) is 17.8 Å². The summed E-state index contributed by atoms with van der Waals surface area (Å²) in [6.07, 6.45) is -5.95. The fourth-order valence-electron chi connectivity index (χ4n) is 1.70. The monoisotopic (exact) mass is 291 g/mol. The van der Waals surface area contributed by atoms with Crippen LogP contribution in [0.5, 0.6) is 0 Å². The zero-order valence-electron chi connectivity index (χ0n) is 10.0. The third kappa shape index (κ3) is 2.79. The second-order valence-electron chi connectivity index (χ2n) is 4.03. The van der Waals surface area contributed by atoms with Crippen molar-refractivity contribution in [1.29, 1.82) is 0 Å². The predicted molar refractivity (Wildman–Crippen MR) is 61.4 cm³/mol. The highest BCUT2D eigenvalue weighted by Crippen LogP contribution is 2.30. The summed E-state index contributed by atoms with van der Waals surface area (Å²) >= 11 is 0. The zero-order valence-corrected chi connectivity index (χ0v) is 10.0. The molecule has 1 aromatic carbocycles. The molecule has 1 aromatic heterocycles. The number of hydrogen-bond acceptors (Lipinski definition) is 2. The molecule has 2 aromatic rings. The Balaban J connectivity index is 2.37. The molecule has 20 heavy (non-hydrogen) atoms. The lowest BCUT2D eigenvalue weighted by Crippen LogP contribution is -2.05. The van der Waals surface area contributed by atoms with Gasteiger partial charge in [-0.1, -0.05) is 0 Å². The zero-order chi connectivity index (χ0) is 14.9. The minimum Gasteiger partial charge on any atom is -0.326 e. The number of nitrogens with two attached hydrogens (primary N) is 1. The van der Waals surface area contributed by atoms with E-state index in [2.05, 4.69) is 5.10 Å². The standard InChI is InChI=1S/C12H10F5N3/c13-11(14)10-7(5-18)6-20(19-10)9-3-1-8(2-4-9)12(15,16)17/h1-4,6,11H,5,18H2. The van der Waals surface area contributed by atoms with E-state index < -0.39 is 23.9 Å². The normalized spacial score (nSPS) is 12.2. The maximum absolute atomic E-state index is 12.7. The first-order valence-electron chi connectivity index (χ1n) is 5.57. The van der Waals surface area contributed by atoms with E-state index in [4.69, 9.17) is 5.73 Å². The fraction of sp³-hybridized carbons (Fsp3) is 0.250. The smallest absolute Gasteiger partial charge is 0.326 e. The summed E-state index contributed by atoms with van der Waals surface area (Å²) < 4.78 is 63.7. The highest BCUT2D eigenvalue weighted by molar-refractivity contribution is 5.36. The molecule has 0 aliphatic heterocycles. The topological polar surface area (TPSA) is 43.8 Å². The molecule has 0 amide bonds. The average molecular weight is 291 g/mol. The van der Waals surface area contributed by atoms with E-state index in [0.717, 1.165) is 28.9 Å². The highest BCUT2D eigenvalue weighted by atomic mass is 19.4. The van der Waals surface area contributed by atoms with Gasteiger partial charge in [0, 0.05) is 18.3 Å². The Bertz CT molecular complexity index is 586. The van der Waals surface area contributed by atoms with Crippen LogP contribution in [0.2, 0.25) is 0 Å². The van der Waals surface area contributed by atoms with Crippen molar-refractivity contribution < 1.29 is 22.0 Å². The van der Waals surface area contributed by atoms with Crippen molar-refractivity contribution in [3.05, 3.63) is 47.3 Å². The van der Waals surface area contributed by atoms with Gasteiger partial charge in [0.15, 0.2) is 0 Å². The molecule has 0 saturated carbocycles. The summed E-state index contributed by atoms with van der Waals surface area (Å²) in [6, 6.07) is 4.04. The van der Waals surface area contributed by atoms with Gasteiger partial charge in [0.25, 0.3) is 6.43 Å². The maximum Gasteiger partial charge on any atom is 0.416 e. The third-order valence-corrected chi connectivity index (χ3v) is 2.71. The summed E-state index contributed by atoms with van der Waals surface area (Å²) in [5, 5.41) is 3.65. The van der Waals surface area contributed by atoms with Gasteiger partial charge in [-0.25, -0.2) is 13.5 Å². The molecule has 2 N–H and O–H groups in total. The maximum atomic E-state index is 12.7. The molecule has 0 radical (unpaired) electrons. The summed E-state index contributed by atoms with van der Waals surface area (Å²) in [4.78, 5) is 0. The Kier molecular flexibility index (Phi) is 3.76. The van der Waals surface area contributed by atoms with Crippen molar-refractivity contribution >= 4 is 0 Å². The molecule has 0 bridgehead atoms. The molecule has 3 nitrogen and oxygen atoms in total. The number of aromatic nitrogens is 2. The van der Waals surface area contributed by atoms with E-state index in [1.54, 1.807) is 0 Å². The van der Waals surface area contributed by atoms with Crippen molar-refractivity contribution in [2.75, 3.05) is 0 Å². The van der Waals surface area contributed by atoms with E-state index in [1.807, 2.05) is 0 Å². The number of rotatable bonds is 3. The van der Waals surface area contributed by atoms with Crippen LogP contribution in [0.25, 0.3) is 5.69 Å². The molecule has 1 heterocycles. The average Bonchev–Trinajstić information content (AvgIpc) is 2.82. The van der Waals surface area contributed by atoms with Crippen LogP contribution < -0.4 is 5.73 Å². The second kappa shape index (κ2) is 5.20. The van der Waals surface area contributed by atoms with Gasteiger partial charge in [0.05, 0.1) is 11.3 Å². The quantitative estimate of drug-likeness (QED) is 0.882. The fourth-order valence-corrected chi connectivity index (χ4v) is 1.70. The van der Waals surface area contributed by atoms with Crippen LogP contribution in [-0.4, -0.2) is 9.78 Å². The van der Waals surface area contributed by atoms with Gasteiger partial charge >= 0.3 is 6.18 Å². The van der Waals surface area contributed by atoms with E-state index in [9.17, 15) is 22.0 Å². The number of benzene rings is 1. The molecule has 0 atom stereocenters. The summed E-state index contributed by atoms with van der Waals surface area (Å²) in [6.45, 7) is -0.125. The molecule has 0 fully saturated rings. The minimum atomic E-state index is -4.45. The summed E-state index contributed by atoms with van der Waals surface area (Å²) in [5.41, 5.74) is 4.44. The van der Waals surface area contributed by atoms with Crippen LogP contribution in [-0.2, 0) is 12.7 Å². The molecule has 108 valence electrons. The van der Waals surface area contributed by atoms with Gasteiger partial charge in [-0.2, -0.15) is 18.3 Å². The number of hydrogen-bond donors (Lipinski definition) is 1. The lowest BCUT2D eigenvalue weighted by molar-refractivity contribution is -0.137. The van der Waals surface area contributed by atoms with Crippen molar-refractivity contribution in [3.8, 4) is 5.69 Å². The van der Waals surface area contributed by atoms with E-state index >= 15 is 0 Å². The summed E-state index contributed by atoms with van der Waals surface area (Å²) in [7, 11) is 0. The summed E-state index contributed by atoms with van der Waals surface area (Å²) in [5.74, 6) is 0. The van der Waals surface area contributed by atoms with Crippen LogP contribution in [0, 0.1) is 0 Å². The van der Waals surface area contributed by atoms with Crippen LogP contribution >= 0.6 is 0 Å². The van der Waals surface area contributed by atoms with Crippen molar-refractivity contribution in [2.24, 2.45) is 5.73 Å². The number of nitrogens with zero attached hydrogens (tertiary/aromatic N) is 2. The van der Waals surface area contributed by atoms with Crippen LogP contribution in [0.1, 0.15) is 23.2 Å². The molecule has 0 aliphatic carbocycles. The van der Waals surface area contributed by atoms with Crippen molar-refractivity contribution in [2.45, 2.75) is 19.1 Å². The molecule has 8 heteroatoms. The molecule has 0 spiro atoms. The molecule has 0 aliphatic rings. The molecular formula is C12H10F5N3. The molecule has 0 unspecified atom stereocenters. The van der Waals surface area contributed by atoms with Crippen LogP contribution in [0.15, 0.2) is 30.5 Å². The van der Waals surface area contributed by atoms with E-state index in [1.165, 1.54) is 6.20 Å². The van der Waals surface area contributed by atoms with Crippen LogP contribution in [0.4, 0.5) is 22.0 Å². The Hall–Kier alpha value is -1.96. The first kappa shape index (κ1) is 14.4. The van der Waals surface area contributed by atoms with Gasteiger partial charge in [-0.15, -0.1) is 0 Å². The van der Waals surface area contributed by atoms with Crippen molar-refractivity contribution in [3.63, 3.8) is 0 Å². The first-order valence-corrected chi connectivity index (χ1v) is 5.57. The van der Waals surface area contributed by atoms with Crippen molar-refractivity contribution in [1.82, 2.24) is 9.78 Å². The third-order valence-electron chi connectivity index (χ3n) is 2.71. The molecule has 0 saturated heterocycles. The predicted octanol–water partition coefficient (Wildman–Crippen LogP) is 3.29. The lowest BCUT2D eigenvalue weighted by Gasteiger charge is -2.07. The molecular weight excluding hydrogens is 281 g/mol. The highest BCUT2D eigenvalue weighted by Gasteiger charge is 2.30. The SMILES string of the molecule is NCc1cn(-c2ccc(C(F)(F)F)cc2)nc1C(F)F. The van der Waals surface area contributed by atoms with Gasteiger partial charge in [-0.3, -0.25) is 0 Å². The van der Waals surface area contributed by atoms with Crippen LogP contribution in [0.3, 0.4) is 0 Å². The van der Waals surface area contributed by atoms with Gasteiger partial charge in [0.1, 0.15) is 5.69 Å². The van der Waals surface area contributed by atoms with Gasteiger partial charge in [-0.05, 0) is 24.3 Å². The van der Waals surface area contributed by atoms with Gasteiger partial charge < -0.3 is 5.73 Å². The molecule has 2 rings (SSSR count). The van der Waals surface area contributed by atoms with Gasteiger partial charge in [0.2, 0.25) is 0 Å². The minimum absolute atomic E-state index is 0.125. The lowest BCUT2D eigenvalue weighted by atomic mass is 10.2.